The first-order valence-corrected chi connectivity index (χ1v) is 11.5. The van der Waals surface area contributed by atoms with Crippen LogP contribution in [0.5, 0.6) is 11.5 Å². The van der Waals surface area contributed by atoms with Gasteiger partial charge in [0.15, 0.2) is 11.5 Å². The third-order valence-electron chi connectivity index (χ3n) is 4.58. The monoisotopic (exact) mass is 476 g/mol. The Labute approximate surface area is 193 Å². The van der Waals surface area contributed by atoms with Crippen molar-refractivity contribution in [2.24, 2.45) is 5.92 Å². The van der Waals surface area contributed by atoms with Gasteiger partial charge in [0.25, 0.3) is 0 Å². The van der Waals surface area contributed by atoms with Crippen molar-refractivity contribution in [3.63, 3.8) is 0 Å². The summed E-state index contributed by atoms with van der Waals surface area (Å²) in [4.78, 5) is 23.1. The number of hydrogen-bond donors (Lipinski definition) is 2. The van der Waals surface area contributed by atoms with Crippen LogP contribution in [0.4, 0.5) is 5.69 Å². The molecular formula is C23H28N2O7S. The number of carbonyl (C=O) groups is 2. The Morgan fingerprint density at radius 2 is 1.70 bits per heavy atom. The van der Waals surface area contributed by atoms with Gasteiger partial charge in [0.1, 0.15) is 4.90 Å². The Morgan fingerprint density at radius 3 is 2.24 bits per heavy atom. The predicted molar refractivity (Wildman–Crippen MR) is 125 cm³/mol. The number of benzene rings is 2. The molecule has 33 heavy (non-hydrogen) atoms. The Hall–Kier alpha value is -3.37. The molecular weight excluding hydrogens is 448 g/mol. The van der Waals surface area contributed by atoms with Crippen LogP contribution in [0.25, 0.3) is 6.08 Å². The second kappa shape index (κ2) is 11.5. The first-order valence-electron chi connectivity index (χ1n) is 10.0. The van der Waals surface area contributed by atoms with Gasteiger partial charge in [0.2, 0.25) is 15.9 Å². The smallest absolute Gasteiger partial charge is 0.330 e. The van der Waals surface area contributed by atoms with E-state index in [1.807, 2.05) is 0 Å². The van der Waals surface area contributed by atoms with E-state index in [9.17, 15) is 18.0 Å². The van der Waals surface area contributed by atoms with Crippen LogP contribution in [0.15, 0.2) is 47.4 Å². The fraction of sp³-hybridized carbons (Fsp3) is 0.304. The van der Waals surface area contributed by atoms with Gasteiger partial charge in [0, 0.05) is 24.2 Å². The molecule has 0 aliphatic carbocycles. The minimum Gasteiger partial charge on any atom is -0.493 e. The van der Waals surface area contributed by atoms with Gasteiger partial charge in [-0.25, -0.2) is 17.9 Å². The number of hydrogen-bond acceptors (Lipinski definition) is 7. The predicted octanol–water partition coefficient (Wildman–Crippen LogP) is 2.96. The van der Waals surface area contributed by atoms with Gasteiger partial charge < -0.3 is 19.5 Å². The lowest BCUT2D eigenvalue weighted by atomic mass is 10.2. The molecule has 0 unspecified atom stereocenters. The molecule has 0 bridgehead atoms. The first kappa shape index (κ1) is 25.9. The number of esters is 1. The highest BCUT2D eigenvalue weighted by Gasteiger charge is 2.23. The van der Waals surface area contributed by atoms with Crippen molar-refractivity contribution in [3.05, 3.63) is 53.6 Å². The maximum Gasteiger partial charge on any atom is 0.330 e. The van der Waals surface area contributed by atoms with Crippen LogP contribution in [0.1, 0.15) is 25.0 Å². The first-order chi connectivity index (χ1) is 15.6. The van der Waals surface area contributed by atoms with Crippen LogP contribution < -0.4 is 19.5 Å². The fourth-order valence-corrected chi connectivity index (χ4v) is 3.96. The summed E-state index contributed by atoms with van der Waals surface area (Å²) in [6.45, 7) is 3.60. The van der Waals surface area contributed by atoms with Crippen molar-refractivity contribution in [2.75, 3.05) is 26.6 Å². The number of sulfonamides is 1. The van der Waals surface area contributed by atoms with Gasteiger partial charge in [-0.05, 0) is 41.5 Å². The van der Waals surface area contributed by atoms with Crippen molar-refractivity contribution in [1.82, 2.24) is 4.72 Å². The zero-order chi connectivity index (χ0) is 24.6. The molecule has 2 aromatic carbocycles. The molecule has 2 N–H and O–H groups in total. The van der Waals surface area contributed by atoms with Gasteiger partial charge in [-0.3, -0.25) is 4.79 Å². The summed E-state index contributed by atoms with van der Waals surface area (Å²) in [7, 11) is -0.0513. The minimum atomic E-state index is -4.02. The molecule has 2 aromatic rings. The third kappa shape index (κ3) is 7.06. The summed E-state index contributed by atoms with van der Waals surface area (Å²) in [6, 6.07) is 9.74. The molecule has 178 valence electrons. The van der Waals surface area contributed by atoms with E-state index in [0.29, 0.717) is 16.8 Å². The highest BCUT2D eigenvalue weighted by atomic mass is 32.2. The van der Waals surface area contributed by atoms with Gasteiger partial charge in [-0.2, -0.15) is 0 Å². The van der Waals surface area contributed by atoms with Gasteiger partial charge >= 0.3 is 5.97 Å². The largest absolute Gasteiger partial charge is 0.493 e. The molecule has 9 nitrogen and oxygen atoms in total. The standard InChI is InChI=1S/C23H28N2O7S/c1-15(2)23(27)25-18-9-6-16(7-10-18)14-24-33(28,29)20-13-17(8-11-21(26)31-4)12-19(30-3)22(20)32-5/h6-13,15,24H,14H2,1-5H3,(H,25,27)/b11-8+. The second-order valence-electron chi connectivity index (χ2n) is 7.28. The summed E-state index contributed by atoms with van der Waals surface area (Å²) in [6.07, 6.45) is 2.59. The number of anilines is 1. The minimum absolute atomic E-state index is 0.00837. The van der Waals surface area contributed by atoms with Crippen LogP contribution in [-0.2, 0) is 30.9 Å². The Balaban J connectivity index is 2.27. The average Bonchev–Trinajstić information content (AvgIpc) is 2.81. The molecule has 1 amide bonds. The maximum atomic E-state index is 13.1. The van der Waals surface area contributed by atoms with Crippen LogP contribution >= 0.6 is 0 Å². The van der Waals surface area contributed by atoms with Crippen LogP contribution in [0.3, 0.4) is 0 Å². The Bertz CT molecular complexity index is 1120. The quantitative estimate of drug-likeness (QED) is 0.400. The summed E-state index contributed by atoms with van der Waals surface area (Å²) < 4.78 is 43.8. The Kier molecular flexibility index (Phi) is 9.01. The average molecular weight is 477 g/mol. The highest BCUT2D eigenvalue weighted by molar-refractivity contribution is 7.89. The molecule has 10 heteroatoms. The van der Waals surface area contributed by atoms with Crippen molar-refractivity contribution in [2.45, 2.75) is 25.3 Å². The van der Waals surface area contributed by atoms with Crippen LogP contribution in [-0.4, -0.2) is 41.6 Å². The van der Waals surface area contributed by atoms with E-state index in [-0.39, 0.29) is 34.8 Å². The van der Waals surface area contributed by atoms with Crippen molar-refractivity contribution >= 4 is 33.7 Å². The molecule has 0 fully saturated rings. The van der Waals surface area contributed by atoms with Crippen LogP contribution in [0.2, 0.25) is 0 Å². The van der Waals surface area contributed by atoms with E-state index in [4.69, 9.17) is 9.47 Å². The number of nitrogens with one attached hydrogen (secondary N) is 2. The molecule has 0 atom stereocenters. The van der Waals surface area contributed by atoms with Crippen LogP contribution in [0, 0.1) is 5.92 Å². The molecule has 0 aromatic heterocycles. The number of carbonyl (C=O) groups excluding carboxylic acids is 2. The van der Waals surface area contributed by atoms with Gasteiger partial charge in [-0.15, -0.1) is 0 Å². The molecule has 0 spiro atoms. The highest BCUT2D eigenvalue weighted by Crippen LogP contribution is 2.36. The van der Waals surface area contributed by atoms with Crippen molar-refractivity contribution in [3.8, 4) is 11.5 Å². The molecule has 0 aliphatic heterocycles. The molecule has 0 saturated carbocycles. The number of methoxy groups -OCH3 is 3. The Morgan fingerprint density at radius 1 is 1.03 bits per heavy atom. The number of amides is 1. The van der Waals surface area contributed by atoms with E-state index in [1.54, 1.807) is 44.2 Å². The van der Waals surface area contributed by atoms with Crippen molar-refractivity contribution < 1.29 is 32.2 Å². The van der Waals surface area contributed by atoms with Gasteiger partial charge in [0.05, 0.1) is 21.3 Å². The lowest BCUT2D eigenvalue weighted by molar-refractivity contribution is -0.134. The summed E-state index contributed by atoms with van der Waals surface area (Å²) >= 11 is 0. The molecule has 0 aliphatic rings. The van der Waals surface area contributed by atoms with E-state index >= 15 is 0 Å². The number of ether oxygens (including phenoxy) is 3. The summed E-state index contributed by atoms with van der Waals surface area (Å²) in [5.41, 5.74) is 1.72. The van der Waals surface area contributed by atoms with E-state index < -0.39 is 16.0 Å². The molecule has 0 saturated heterocycles. The zero-order valence-corrected chi connectivity index (χ0v) is 20.0. The normalized spacial score (nSPS) is 11.5. The summed E-state index contributed by atoms with van der Waals surface area (Å²) in [5, 5.41) is 2.78. The molecule has 0 radical (unpaired) electrons. The van der Waals surface area contributed by atoms with Gasteiger partial charge in [-0.1, -0.05) is 26.0 Å². The molecule has 2 rings (SSSR count). The van der Waals surface area contributed by atoms with E-state index in [1.165, 1.54) is 39.5 Å². The van der Waals surface area contributed by atoms with E-state index in [2.05, 4.69) is 14.8 Å². The zero-order valence-electron chi connectivity index (χ0n) is 19.2. The second-order valence-corrected chi connectivity index (χ2v) is 9.01. The third-order valence-corrected chi connectivity index (χ3v) is 5.99. The van der Waals surface area contributed by atoms with E-state index in [0.717, 1.165) is 0 Å². The lowest BCUT2D eigenvalue weighted by Gasteiger charge is -2.15. The summed E-state index contributed by atoms with van der Waals surface area (Å²) in [5.74, 6) is -0.616. The number of rotatable bonds is 10. The fourth-order valence-electron chi connectivity index (χ4n) is 2.73. The van der Waals surface area contributed by atoms with Crippen molar-refractivity contribution in [1.29, 1.82) is 0 Å². The maximum absolute atomic E-state index is 13.1. The topological polar surface area (TPSA) is 120 Å². The SMILES string of the molecule is COC(=O)/C=C/c1cc(OC)c(OC)c(S(=O)(=O)NCc2ccc(NC(=O)C(C)C)cc2)c1. The lowest BCUT2D eigenvalue weighted by Crippen LogP contribution is -2.24. The molecule has 0 heterocycles.